The third kappa shape index (κ3) is 0.872. The van der Waals surface area contributed by atoms with Gasteiger partial charge in [-0.2, -0.15) is 0 Å². The molecule has 0 fully saturated rings. The maximum absolute atomic E-state index is 9.31. The van der Waals surface area contributed by atoms with E-state index in [9.17, 15) is 10.2 Å². The molecule has 0 aliphatic heterocycles. The van der Waals surface area contributed by atoms with Gasteiger partial charge in [0, 0.05) is 23.0 Å². The minimum atomic E-state index is -1.73. The van der Waals surface area contributed by atoms with Gasteiger partial charge in [-0.25, -0.2) is 0 Å². The summed E-state index contributed by atoms with van der Waals surface area (Å²) in [5.41, 5.74) is 1.26. The lowest BCUT2D eigenvalue weighted by atomic mass is 9.79. The van der Waals surface area contributed by atoms with Crippen molar-refractivity contribution in [1.82, 2.24) is 0 Å². The summed E-state index contributed by atoms with van der Waals surface area (Å²) in [4.78, 5) is 0. The van der Waals surface area contributed by atoms with E-state index < -0.39 is 7.12 Å². The van der Waals surface area contributed by atoms with E-state index in [0.29, 0.717) is 17.5 Å². The van der Waals surface area contributed by atoms with Crippen LogP contribution in [0.1, 0.15) is 11.1 Å². The molecule has 0 heterocycles. The summed E-state index contributed by atoms with van der Waals surface area (Å²) >= 11 is 0. The molecule has 0 amide bonds. The number of phenolic OH excluding ortho intramolecular Hbond substituents is 2. The largest absolute Gasteiger partial charge is 0.508 e. The number of fused-ring (bicyclic) bond motifs is 1. The Kier molecular flexibility index (Phi) is 1.34. The van der Waals surface area contributed by atoms with Crippen LogP contribution in [0.3, 0.4) is 0 Å². The van der Waals surface area contributed by atoms with Crippen LogP contribution in [0.5, 0.6) is 11.5 Å². The fourth-order valence-corrected chi connectivity index (χ4v) is 1.28. The average Bonchev–Trinajstić information content (AvgIpc) is 2.74. The number of phenols is 2. The first-order valence-electron chi connectivity index (χ1n) is 3.54. The van der Waals surface area contributed by atoms with Crippen molar-refractivity contribution in [3.63, 3.8) is 0 Å². The highest BCUT2D eigenvalue weighted by Gasteiger charge is 2.31. The van der Waals surface area contributed by atoms with Crippen molar-refractivity contribution in [3.05, 3.63) is 17.2 Å². The third-order valence-electron chi connectivity index (χ3n) is 2.03. The molecule has 0 bridgehead atoms. The van der Waals surface area contributed by atoms with Crippen molar-refractivity contribution in [2.24, 2.45) is 0 Å². The lowest BCUT2D eigenvalue weighted by Gasteiger charge is -2.01. The van der Waals surface area contributed by atoms with E-state index in [-0.39, 0.29) is 17.0 Å². The fourth-order valence-electron chi connectivity index (χ4n) is 1.28. The Morgan fingerprint density at radius 3 is 2.42 bits per heavy atom. The second kappa shape index (κ2) is 2.15. The minimum Gasteiger partial charge on any atom is -0.508 e. The van der Waals surface area contributed by atoms with Crippen LogP contribution >= 0.6 is 0 Å². The molecule has 0 radical (unpaired) electrons. The molecule has 1 aliphatic carbocycles. The zero-order valence-electron chi connectivity index (χ0n) is 6.15. The molecular weight excluding hydrogens is 159 g/mol. The van der Waals surface area contributed by atoms with E-state index in [1.807, 2.05) is 0 Å². The summed E-state index contributed by atoms with van der Waals surface area (Å²) in [7, 11) is -1.73. The van der Waals surface area contributed by atoms with Gasteiger partial charge in [0.15, 0.2) is 0 Å². The molecule has 0 saturated carbocycles. The summed E-state index contributed by atoms with van der Waals surface area (Å²) in [5, 5.41) is 36.0. The summed E-state index contributed by atoms with van der Waals surface area (Å²) in [6.07, 6.45) is 0.532. The maximum Gasteiger partial charge on any atom is 0.492 e. The van der Waals surface area contributed by atoms with Crippen molar-refractivity contribution < 1.29 is 20.3 Å². The molecular formula is C7H7BO4. The summed E-state index contributed by atoms with van der Waals surface area (Å²) in [6.45, 7) is 0. The number of hydrogen-bond acceptors (Lipinski definition) is 4. The zero-order chi connectivity index (χ0) is 8.88. The van der Waals surface area contributed by atoms with Crippen molar-refractivity contribution in [1.29, 1.82) is 0 Å². The fraction of sp³-hybridized carbons (Fsp3) is 0.143. The highest BCUT2D eigenvalue weighted by Crippen LogP contribution is 2.41. The summed E-state index contributed by atoms with van der Waals surface area (Å²) in [6, 6.07) is 1.17. The van der Waals surface area contributed by atoms with Crippen LogP contribution in [0, 0.1) is 0 Å². The van der Waals surface area contributed by atoms with E-state index in [2.05, 4.69) is 0 Å². The standard InChI is InChI=1S/C7H7BO4/c9-6-2-5(8(11)12)7(10)4-1-3(4)6/h2,9-12H,1H2. The Bertz CT molecular complexity index is 348. The number of aromatic hydroxyl groups is 2. The van der Waals surface area contributed by atoms with Gasteiger partial charge in [0.2, 0.25) is 0 Å². The number of hydrogen-bond donors (Lipinski definition) is 4. The third-order valence-corrected chi connectivity index (χ3v) is 2.03. The van der Waals surface area contributed by atoms with Gasteiger partial charge in [-0.05, 0) is 6.07 Å². The average molecular weight is 166 g/mol. The Balaban J connectivity index is 2.58. The van der Waals surface area contributed by atoms with Gasteiger partial charge in [0.25, 0.3) is 0 Å². The Hall–Kier alpha value is -1.20. The van der Waals surface area contributed by atoms with Crippen molar-refractivity contribution in [2.75, 3.05) is 0 Å². The second-order valence-electron chi connectivity index (χ2n) is 2.84. The van der Waals surface area contributed by atoms with Gasteiger partial charge in [-0.1, -0.05) is 0 Å². The normalized spacial score (nSPS) is 12.5. The Labute approximate surface area is 68.9 Å². The quantitative estimate of drug-likeness (QED) is 0.313. The van der Waals surface area contributed by atoms with Gasteiger partial charge in [-0.15, -0.1) is 0 Å². The molecule has 1 aromatic rings. The monoisotopic (exact) mass is 166 g/mol. The first-order valence-corrected chi connectivity index (χ1v) is 3.54. The lowest BCUT2D eigenvalue weighted by Crippen LogP contribution is -2.29. The van der Waals surface area contributed by atoms with Gasteiger partial charge >= 0.3 is 7.12 Å². The highest BCUT2D eigenvalue weighted by molar-refractivity contribution is 6.60. The zero-order valence-corrected chi connectivity index (χ0v) is 6.15. The maximum atomic E-state index is 9.31. The van der Waals surface area contributed by atoms with Crippen molar-refractivity contribution in [2.45, 2.75) is 6.42 Å². The summed E-state index contributed by atoms with van der Waals surface area (Å²) in [5.74, 6) is -0.0938. The van der Waals surface area contributed by atoms with E-state index in [1.54, 1.807) is 0 Å². The van der Waals surface area contributed by atoms with Crippen LogP contribution in [0.25, 0.3) is 0 Å². The molecule has 4 N–H and O–H groups in total. The molecule has 0 unspecified atom stereocenters. The SMILES string of the molecule is OB(O)c1cc(O)c2c(c1O)C2. The second-order valence-corrected chi connectivity index (χ2v) is 2.84. The van der Waals surface area contributed by atoms with Crippen LogP contribution < -0.4 is 5.46 Å². The first-order chi connectivity index (χ1) is 5.61. The van der Waals surface area contributed by atoms with Gasteiger partial charge in [0.05, 0.1) is 0 Å². The van der Waals surface area contributed by atoms with Gasteiger partial charge in [-0.3, -0.25) is 0 Å². The molecule has 4 nitrogen and oxygen atoms in total. The molecule has 1 aliphatic rings. The van der Waals surface area contributed by atoms with E-state index in [0.717, 1.165) is 0 Å². The Morgan fingerprint density at radius 1 is 1.17 bits per heavy atom. The topological polar surface area (TPSA) is 80.9 Å². The van der Waals surface area contributed by atoms with Crippen LogP contribution in [0.4, 0.5) is 0 Å². The Morgan fingerprint density at radius 2 is 1.83 bits per heavy atom. The number of rotatable bonds is 1. The highest BCUT2D eigenvalue weighted by atomic mass is 16.4. The van der Waals surface area contributed by atoms with Crippen LogP contribution in [0.2, 0.25) is 0 Å². The van der Waals surface area contributed by atoms with Crippen molar-refractivity contribution >= 4 is 12.6 Å². The molecule has 0 saturated heterocycles. The molecule has 2 rings (SSSR count). The minimum absolute atomic E-state index is 0.0194. The van der Waals surface area contributed by atoms with Crippen LogP contribution in [-0.2, 0) is 6.42 Å². The van der Waals surface area contributed by atoms with Gasteiger partial charge < -0.3 is 20.3 Å². The smallest absolute Gasteiger partial charge is 0.492 e. The number of benzene rings is 1. The molecule has 0 spiro atoms. The first kappa shape index (κ1) is 7.45. The van der Waals surface area contributed by atoms with Crippen LogP contribution in [0.15, 0.2) is 6.07 Å². The molecule has 0 aromatic heterocycles. The molecule has 5 heteroatoms. The lowest BCUT2D eigenvalue weighted by molar-refractivity contribution is 0.418. The predicted octanol–water partition coefficient (Wildman–Crippen LogP) is -1.32. The van der Waals surface area contributed by atoms with Gasteiger partial charge in [0.1, 0.15) is 11.5 Å². The van der Waals surface area contributed by atoms with E-state index in [4.69, 9.17) is 10.0 Å². The molecule has 0 atom stereocenters. The summed E-state index contributed by atoms with van der Waals surface area (Å²) < 4.78 is 0. The van der Waals surface area contributed by atoms with Crippen LogP contribution in [-0.4, -0.2) is 27.4 Å². The van der Waals surface area contributed by atoms with Crippen molar-refractivity contribution in [3.8, 4) is 11.5 Å². The van der Waals surface area contributed by atoms with E-state index in [1.165, 1.54) is 6.07 Å². The molecule has 1 aromatic carbocycles. The van der Waals surface area contributed by atoms with E-state index >= 15 is 0 Å². The molecule has 62 valence electrons. The molecule has 12 heavy (non-hydrogen) atoms. The predicted molar refractivity (Wildman–Crippen MR) is 42.4 cm³/mol.